The van der Waals surface area contributed by atoms with Crippen LogP contribution in [-0.4, -0.2) is 30.1 Å². The van der Waals surface area contributed by atoms with Crippen molar-refractivity contribution < 1.29 is 19.4 Å². The Hall–Kier alpha value is -2.30. The van der Waals surface area contributed by atoms with Crippen LogP contribution in [0.1, 0.15) is 26.3 Å². The Morgan fingerprint density at radius 2 is 1.90 bits per heavy atom. The summed E-state index contributed by atoms with van der Waals surface area (Å²) in [5, 5.41) is 11.7. The number of amides is 1. The van der Waals surface area contributed by atoms with Gasteiger partial charge in [-0.25, -0.2) is 4.79 Å². The number of carbonyl (C=O) groups excluding carboxylic acids is 1. The Bertz CT molecular complexity index is 543. The summed E-state index contributed by atoms with van der Waals surface area (Å²) in [6.45, 7) is 5.28. The van der Waals surface area contributed by atoms with Gasteiger partial charge in [0.1, 0.15) is 11.8 Å². The Kier molecular flexibility index (Phi) is 5.52. The van der Waals surface area contributed by atoms with E-state index in [2.05, 4.69) is 5.32 Å². The molecule has 1 aromatic carbocycles. The van der Waals surface area contributed by atoms with E-state index in [4.69, 9.17) is 9.84 Å². The molecule has 1 rings (SSSR count). The molecule has 5 heteroatoms. The molecule has 0 heterocycles. The zero-order chi connectivity index (χ0) is 16.0. The number of para-hydroxylation sites is 1. The summed E-state index contributed by atoms with van der Waals surface area (Å²) in [5.74, 6) is -0.864. The molecule has 0 aliphatic heterocycles. The molecule has 0 aliphatic rings. The minimum atomic E-state index is -1.05. The summed E-state index contributed by atoms with van der Waals surface area (Å²) >= 11 is 0. The van der Waals surface area contributed by atoms with Gasteiger partial charge in [-0.1, -0.05) is 39.0 Å². The summed E-state index contributed by atoms with van der Waals surface area (Å²) in [5.41, 5.74) is 0.178. The zero-order valence-corrected chi connectivity index (χ0v) is 12.7. The van der Waals surface area contributed by atoms with Gasteiger partial charge in [0.05, 0.1) is 7.11 Å². The molecular weight excluding hydrogens is 270 g/mol. The molecule has 5 nitrogen and oxygen atoms in total. The van der Waals surface area contributed by atoms with E-state index in [-0.39, 0.29) is 0 Å². The molecular formula is C16H21NO4. The van der Waals surface area contributed by atoms with Gasteiger partial charge in [-0.3, -0.25) is 4.79 Å². The molecule has 1 unspecified atom stereocenters. The lowest BCUT2D eigenvalue weighted by Gasteiger charge is -2.27. The number of aliphatic carboxylic acids is 1. The van der Waals surface area contributed by atoms with E-state index >= 15 is 0 Å². The van der Waals surface area contributed by atoms with Crippen molar-refractivity contribution in [3.8, 4) is 5.75 Å². The van der Waals surface area contributed by atoms with Crippen molar-refractivity contribution in [2.75, 3.05) is 7.11 Å². The molecule has 1 amide bonds. The van der Waals surface area contributed by atoms with Crippen molar-refractivity contribution in [2.24, 2.45) is 5.41 Å². The minimum absolute atomic E-state index is 0.455. The fourth-order valence-electron chi connectivity index (χ4n) is 1.81. The third-order valence-electron chi connectivity index (χ3n) is 2.95. The molecule has 0 aromatic heterocycles. The van der Waals surface area contributed by atoms with Gasteiger partial charge in [-0.15, -0.1) is 0 Å². The van der Waals surface area contributed by atoms with Gasteiger partial charge in [-0.05, 0) is 17.6 Å². The number of rotatable bonds is 5. The van der Waals surface area contributed by atoms with Crippen molar-refractivity contribution in [3.63, 3.8) is 0 Å². The number of carboxylic acids is 1. The molecule has 0 fully saturated rings. The van der Waals surface area contributed by atoms with Crippen molar-refractivity contribution in [2.45, 2.75) is 26.8 Å². The molecule has 0 radical (unpaired) electrons. The lowest BCUT2D eigenvalue weighted by molar-refractivity contribution is -0.144. The molecule has 0 aliphatic carbocycles. The highest BCUT2D eigenvalue weighted by molar-refractivity contribution is 5.94. The second-order valence-corrected chi connectivity index (χ2v) is 5.72. The fraction of sp³-hybridized carbons (Fsp3) is 0.375. The Morgan fingerprint density at radius 1 is 1.29 bits per heavy atom. The fourth-order valence-corrected chi connectivity index (χ4v) is 1.81. The van der Waals surface area contributed by atoms with Gasteiger partial charge in [-0.2, -0.15) is 0 Å². The zero-order valence-electron chi connectivity index (χ0n) is 12.7. The number of carboxylic acid groups (broad SMARTS) is 1. The van der Waals surface area contributed by atoms with Crippen molar-refractivity contribution in [3.05, 3.63) is 35.9 Å². The van der Waals surface area contributed by atoms with Gasteiger partial charge in [0.25, 0.3) is 0 Å². The first-order valence-electron chi connectivity index (χ1n) is 6.60. The highest BCUT2D eigenvalue weighted by Gasteiger charge is 2.31. The highest BCUT2D eigenvalue weighted by atomic mass is 16.5. The van der Waals surface area contributed by atoms with Crippen LogP contribution in [0.4, 0.5) is 0 Å². The number of ether oxygens (including phenoxy) is 1. The van der Waals surface area contributed by atoms with Crippen LogP contribution in [0.5, 0.6) is 5.75 Å². The lowest BCUT2D eigenvalue weighted by atomic mass is 9.87. The first kappa shape index (κ1) is 16.8. The molecule has 0 saturated heterocycles. The number of benzene rings is 1. The molecule has 2 N–H and O–H groups in total. The number of nitrogens with one attached hydrogen (secondary N) is 1. The molecule has 1 atom stereocenters. The summed E-state index contributed by atoms with van der Waals surface area (Å²) in [6.07, 6.45) is 2.90. The summed E-state index contributed by atoms with van der Waals surface area (Å²) < 4.78 is 5.17. The second kappa shape index (κ2) is 6.92. The maximum absolute atomic E-state index is 11.9. The van der Waals surface area contributed by atoms with Crippen LogP contribution in [0.15, 0.2) is 30.3 Å². The first-order chi connectivity index (χ1) is 9.75. The lowest BCUT2D eigenvalue weighted by Crippen LogP contribution is -2.48. The predicted octanol–water partition coefficient (Wildman–Crippen LogP) is 2.32. The SMILES string of the molecule is COc1ccccc1/C=C/C(=O)NC(C(=O)O)C(C)(C)C. The van der Waals surface area contributed by atoms with Crippen LogP contribution in [0, 0.1) is 5.41 Å². The first-order valence-corrected chi connectivity index (χ1v) is 6.60. The van der Waals surface area contributed by atoms with E-state index < -0.39 is 23.3 Å². The van der Waals surface area contributed by atoms with Crippen molar-refractivity contribution >= 4 is 18.0 Å². The van der Waals surface area contributed by atoms with Gasteiger partial charge in [0.15, 0.2) is 0 Å². The van der Waals surface area contributed by atoms with Crippen LogP contribution in [0.3, 0.4) is 0 Å². The molecule has 114 valence electrons. The van der Waals surface area contributed by atoms with Crippen LogP contribution in [-0.2, 0) is 9.59 Å². The quantitative estimate of drug-likeness (QED) is 0.816. The minimum Gasteiger partial charge on any atom is -0.496 e. The van der Waals surface area contributed by atoms with E-state index in [0.717, 1.165) is 5.56 Å². The summed E-state index contributed by atoms with van der Waals surface area (Å²) in [7, 11) is 1.55. The monoisotopic (exact) mass is 291 g/mol. The smallest absolute Gasteiger partial charge is 0.326 e. The van der Waals surface area contributed by atoms with Crippen LogP contribution in [0.25, 0.3) is 6.08 Å². The second-order valence-electron chi connectivity index (χ2n) is 5.72. The van der Waals surface area contributed by atoms with Gasteiger partial charge in [0, 0.05) is 11.6 Å². The molecule has 0 bridgehead atoms. The number of hydrogen-bond acceptors (Lipinski definition) is 3. The largest absolute Gasteiger partial charge is 0.496 e. The predicted molar refractivity (Wildman–Crippen MR) is 81.0 cm³/mol. The van der Waals surface area contributed by atoms with Crippen molar-refractivity contribution in [1.29, 1.82) is 0 Å². The topological polar surface area (TPSA) is 75.6 Å². The summed E-state index contributed by atoms with van der Waals surface area (Å²) in [6, 6.07) is 6.30. The van der Waals surface area contributed by atoms with Crippen molar-refractivity contribution in [1.82, 2.24) is 5.32 Å². The van der Waals surface area contributed by atoms with E-state index in [1.807, 2.05) is 12.1 Å². The maximum Gasteiger partial charge on any atom is 0.326 e. The summed E-state index contributed by atoms with van der Waals surface area (Å²) in [4.78, 5) is 23.1. The standard InChI is InChI=1S/C16H21NO4/c1-16(2,3)14(15(19)20)17-13(18)10-9-11-7-5-6-8-12(11)21-4/h5-10,14H,1-4H3,(H,17,18)(H,19,20)/b10-9+. The molecule has 1 aromatic rings. The number of carbonyl (C=O) groups is 2. The van der Waals surface area contributed by atoms with Gasteiger partial charge in [0.2, 0.25) is 5.91 Å². The third-order valence-corrected chi connectivity index (χ3v) is 2.95. The maximum atomic E-state index is 11.9. The number of methoxy groups -OCH3 is 1. The van der Waals surface area contributed by atoms with E-state index in [1.165, 1.54) is 6.08 Å². The van der Waals surface area contributed by atoms with Crippen LogP contribution in [0.2, 0.25) is 0 Å². The number of hydrogen-bond donors (Lipinski definition) is 2. The molecule has 0 saturated carbocycles. The van der Waals surface area contributed by atoms with E-state index in [0.29, 0.717) is 5.75 Å². The Balaban J connectivity index is 2.81. The van der Waals surface area contributed by atoms with Crippen LogP contribution < -0.4 is 10.1 Å². The molecule has 0 spiro atoms. The Labute approximate surface area is 124 Å². The molecule has 21 heavy (non-hydrogen) atoms. The van der Waals surface area contributed by atoms with Gasteiger partial charge >= 0.3 is 5.97 Å². The van der Waals surface area contributed by atoms with E-state index in [1.54, 1.807) is 46.1 Å². The Morgan fingerprint density at radius 3 is 2.43 bits per heavy atom. The normalized spacial score (nSPS) is 13.0. The highest BCUT2D eigenvalue weighted by Crippen LogP contribution is 2.20. The van der Waals surface area contributed by atoms with Gasteiger partial charge < -0.3 is 15.2 Å². The average Bonchev–Trinajstić information content (AvgIpc) is 2.41. The average molecular weight is 291 g/mol. The van der Waals surface area contributed by atoms with Crippen LogP contribution >= 0.6 is 0 Å². The third kappa shape index (κ3) is 4.95. The van der Waals surface area contributed by atoms with E-state index in [9.17, 15) is 9.59 Å².